The first-order chi connectivity index (χ1) is 12.1. The molecule has 132 valence electrons. The van der Waals surface area contributed by atoms with Crippen LogP contribution in [0.5, 0.6) is 5.75 Å². The Morgan fingerprint density at radius 1 is 1.24 bits per heavy atom. The van der Waals surface area contributed by atoms with E-state index in [1.54, 1.807) is 4.90 Å². The fourth-order valence-corrected chi connectivity index (χ4v) is 3.09. The van der Waals surface area contributed by atoms with Crippen molar-refractivity contribution in [3.63, 3.8) is 0 Å². The first-order valence-electron chi connectivity index (χ1n) is 8.34. The van der Waals surface area contributed by atoms with Crippen molar-refractivity contribution in [2.24, 2.45) is 0 Å². The molecule has 1 saturated heterocycles. The van der Waals surface area contributed by atoms with E-state index in [0.29, 0.717) is 13.2 Å². The molecule has 1 fully saturated rings. The molecule has 25 heavy (non-hydrogen) atoms. The summed E-state index contributed by atoms with van der Waals surface area (Å²) in [6.07, 6.45) is 1.71. The molecule has 1 aliphatic heterocycles. The van der Waals surface area contributed by atoms with Crippen LogP contribution < -0.4 is 10.1 Å². The molecule has 0 bridgehead atoms. The number of anilines is 1. The third-order valence-electron chi connectivity index (χ3n) is 4.26. The molecular formula is C19H20F2N2O2. The Labute approximate surface area is 145 Å². The topological polar surface area (TPSA) is 41.6 Å². The lowest BCUT2D eigenvalue weighted by Gasteiger charge is -2.25. The van der Waals surface area contributed by atoms with Crippen molar-refractivity contribution in [3.05, 3.63) is 59.7 Å². The number of carbonyl (C=O) groups is 1. The molecule has 2 aromatic carbocycles. The Balaban J connectivity index is 1.73. The third kappa shape index (κ3) is 3.90. The van der Waals surface area contributed by atoms with Crippen molar-refractivity contribution >= 4 is 11.7 Å². The average Bonchev–Trinajstić information content (AvgIpc) is 3.08. The van der Waals surface area contributed by atoms with Crippen LogP contribution >= 0.6 is 0 Å². The number of carbonyl (C=O) groups excluding carboxylic acids is 1. The zero-order chi connectivity index (χ0) is 17.8. The molecule has 1 aliphatic rings. The number of rotatable bonds is 4. The van der Waals surface area contributed by atoms with E-state index in [4.69, 9.17) is 4.74 Å². The Morgan fingerprint density at radius 2 is 2.00 bits per heavy atom. The summed E-state index contributed by atoms with van der Waals surface area (Å²) in [6, 6.07) is 10.3. The quantitative estimate of drug-likeness (QED) is 0.869. The van der Waals surface area contributed by atoms with Crippen molar-refractivity contribution in [3.8, 4) is 5.75 Å². The van der Waals surface area contributed by atoms with Crippen LogP contribution in [0, 0.1) is 11.6 Å². The van der Waals surface area contributed by atoms with Crippen LogP contribution in [0.15, 0.2) is 42.5 Å². The lowest BCUT2D eigenvalue weighted by Crippen LogP contribution is -2.34. The minimum absolute atomic E-state index is 0.0243. The molecule has 1 N–H and O–H groups in total. The number of amides is 2. The van der Waals surface area contributed by atoms with Gasteiger partial charge in [0, 0.05) is 12.6 Å². The Kier molecular flexibility index (Phi) is 5.16. The minimum atomic E-state index is -0.787. The molecule has 3 rings (SSSR count). The Morgan fingerprint density at radius 3 is 2.68 bits per heavy atom. The molecule has 0 spiro atoms. The van der Waals surface area contributed by atoms with Gasteiger partial charge in [0.25, 0.3) is 0 Å². The predicted molar refractivity (Wildman–Crippen MR) is 91.7 cm³/mol. The molecule has 0 aliphatic carbocycles. The molecule has 1 unspecified atom stereocenters. The van der Waals surface area contributed by atoms with Crippen LogP contribution in [0.4, 0.5) is 19.3 Å². The van der Waals surface area contributed by atoms with E-state index >= 15 is 0 Å². The molecule has 1 heterocycles. The van der Waals surface area contributed by atoms with Crippen molar-refractivity contribution in [2.75, 3.05) is 18.5 Å². The largest absolute Gasteiger partial charge is 0.494 e. The monoisotopic (exact) mass is 346 g/mol. The molecule has 0 saturated carbocycles. The zero-order valence-electron chi connectivity index (χ0n) is 14.0. The van der Waals surface area contributed by atoms with Gasteiger partial charge in [-0.25, -0.2) is 13.6 Å². The van der Waals surface area contributed by atoms with E-state index in [2.05, 4.69) is 5.32 Å². The van der Waals surface area contributed by atoms with Gasteiger partial charge in [-0.3, -0.25) is 0 Å². The molecule has 2 amide bonds. The highest BCUT2D eigenvalue weighted by molar-refractivity contribution is 5.90. The van der Waals surface area contributed by atoms with E-state index in [-0.39, 0.29) is 17.8 Å². The maximum absolute atomic E-state index is 13.7. The second kappa shape index (κ2) is 7.51. The van der Waals surface area contributed by atoms with Crippen LogP contribution in [-0.4, -0.2) is 24.1 Å². The second-order valence-corrected chi connectivity index (χ2v) is 5.91. The summed E-state index contributed by atoms with van der Waals surface area (Å²) >= 11 is 0. The van der Waals surface area contributed by atoms with Crippen LogP contribution in [0.2, 0.25) is 0 Å². The van der Waals surface area contributed by atoms with Gasteiger partial charge in [-0.05, 0) is 49.6 Å². The van der Waals surface area contributed by atoms with Gasteiger partial charge >= 0.3 is 6.03 Å². The van der Waals surface area contributed by atoms with Gasteiger partial charge in [0.2, 0.25) is 0 Å². The third-order valence-corrected chi connectivity index (χ3v) is 4.26. The van der Waals surface area contributed by atoms with E-state index in [0.717, 1.165) is 36.3 Å². The van der Waals surface area contributed by atoms with Crippen LogP contribution in [-0.2, 0) is 0 Å². The highest BCUT2D eigenvalue weighted by atomic mass is 19.1. The van der Waals surface area contributed by atoms with Gasteiger partial charge in [-0.2, -0.15) is 0 Å². The van der Waals surface area contributed by atoms with Crippen molar-refractivity contribution in [1.29, 1.82) is 0 Å². The normalized spacial score (nSPS) is 16.8. The summed E-state index contributed by atoms with van der Waals surface area (Å²) in [5.41, 5.74) is 0.986. The number of halogens is 2. The number of hydrogen-bond acceptors (Lipinski definition) is 2. The molecule has 1 atom stereocenters. The Hall–Kier alpha value is -2.63. The number of benzene rings is 2. The lowest BCUT2D eigenvalue weighted by atomic mass is 10.0. The molecule has 0 radical (unpaired) electrons. The van der Waals surface area contributed by atoms with Crippen LogP contribution in [0.3, 0.4) is 0 Å². The van der Waals surface area contributed by atoms with Gasteiger partial charge < -0.3 is 15.0 Å². The number of ether oxygens (including phenoxy) is 1. The smallest absolute Gasteiger partial charge is 0.322 e. The van der Waals surface area contributed by atoms with E-state index in [1.807, 2.05) is 31.2 Å². The summed E-state index contributed by atoms with van der Waals surface area (Å²) in [4.78, 5) is 14.2. The maximum Gasteiger partial charge on any atom is 0.322 e. The first-order valence-corrected chi connectivity index (χ1v) is 8.34. The number of likely N-dealkylation sites (tertiary alicyclic amines) is 1. The average molecular weight is 346 g/mol. The minimum Gasteiger partial charge on any atom is -0.494 e. The summed E-state index contributed by atoms with van der Waals surface area (Å²) in [6.45, 7) is 3.11. The van der Waals surface area contributed by atoms with E-state index in [1.165, 1.54) is 6.07 Å². The van der Waals surface area contributed by atoms with Gasteiger partial charge in [-0.15, -0.1) is 0 Å². The lowest BCUT2D eigenvalue weighted by molar-refractivity contribution is 0.207. The van der Waals surface area contributed by atoms with Crippen LogP contribution in [0.1, 0.15) is 31.4 Å². The highest BCUT2D eigenvalue weighted by Gasteiger charge is 2.30. The summed E-state index contributed by atoms with van der Waals surface area (Å²) in [5.74, 6) is -0.678. The predicted octanol–water partition coefficient (Wildman–Crippen LogP) is 4.73. The number of nitrogens with zero attached hydrogens (tertiary/aromatic N) is 1. The van der Waals surface area contributed by atoms with Crippen molar-refractivity contribution in [1.82, 2.24) is 4.90 Å². The molecule has 6 heteroatoms. The maximum atomic E-state index is 13.7. The Bertz CT molecular complexity index is 750. The summed E-state index contributed by atoms with van der Waals surface area (Å²) in [7, 11) is 0. The van der Waals surface area contributed by atoms with Gasteiger partial charge in [0.1, 0.15) is 17.4 Å². The highest BCUT2D eigenvalue weighted by Crippen LogP contribution is 2.33. The number of urea groups is 1. The van der Waals surface area contributed by atoms with Gasteiger partial charge in [0.05, 0.1) is 18.3 Å². The fraction of sp³-hybridized carbons (Fsp3) is 0.316. The van der Waals surface area contributed by atoms with Gasteiger partial charge in [0.15, 0.2) is 0 Å². The van der Waals surface area contributed by atoms with Crippen molar-refractivity contribution in [2.45, 2.75) is 25.8 Å². The zero-order valence-corrected chi connectivity index (χ0v) is 14.0. The van der Waals surface area contributed by atoms with Crippen molar-refractivity contribution < 1.29 is 18.3 Å². The standard InChI is InChI=1S/C19H20F2N2O2/c1-2-25-15-8-5-13(6-9-15)18-4-3-11-23(18)19(24)22-17-10-7-14(20)12-16(17)21/h5-10,12,18H,2-4,11H2,1H3,(H,22,24). The summed E-state index contributed by atoms with van der Waals surface area (Å²) in [5, 5.41) is 2.53. The molecule has 0 aromatic heterocycles. The number of nitrogens with one attached hydrogen (secondary N) is 1. The number of hydrogen-bond donors (Lipinski definition) is 1. The first kappa shape index (κ1) is 17.2. The molecule has 2 aromatic rings. The fourth-order valence-electron chi connectivity index (χ4n) is 3.09. The van der Waals surface area contributed by atoms with Crippen LogP contribution in [0.25, 0.3) is 0 Å². The second-order valence-electron chi connectivity index (χ2n) is 5.91. The van der Waals surface area contributed by atoms with Gasteiger partial charge in [-0.1, -0.05) is 12.1 Å². The summed E-state index contributed by atoms with van der Waals surface area (Å²) < 4.78 is 32.2. The SMILES string of the molecule is CCOc1ccc(C2CCCN2C(=O)Nc2ccc(F)cc2F)cc1. The van der Waals surface area contributed by atoms with E-state index < -0.39 is 11.6 Å². The van der Waals surface area contributed by atoms with E-state index in [9.17, 15) is 13.6 Å². The molecular weight excluding hydrogens is 326 g/mol. The molecule has 4 nitrogen and oxygen atoms in total.